The molecule has 0 saturated carbocycles. The van der Waals surface area contributed by atoms with Crippen LogP contribution in [0.25, 0.3) is 5.69 Å². The highest BCUT2D eigenvalue weighted by molar-refractivity contribution is 7.89. The lowest BCUT2D eigenvalue weighted by molar-refractivity contribution is 0.240. The van der Waals surface area contributed by atoms with E-state index in [2.05, 4.69) is 9.82 Å². The highest BCUT2D eigenvalue weighted by Crippen LogP contribution is 2.23. The van der Waals surface area contributed by atoms with E-state index in [1.807, 2.05) is 57.3 Å². The van der Waals surface area contributed by atoms with Gasteiger partial charge in [0.2, 0.25) is 10.0 Å². The van der Waals surface area contributed by atoms with E-state index in [0.29, 0.717) is 5.75 Å². The van der Waals surface area contributed by atoms with Crippen LogP contribution in [0.15, 0.2) is 65.8 Å². The summed E-state index contributed by atoms with van der Waals surface area (Å²) < 4.78 is 35.3. The number of ether oxygens (including phenoxy) is 1. The molecular formula is C20H23N3O3S. The van der Waals surface area contributed by atoms with E-state index in [9.17, 15) is 8.42 Å². The van der Waals surface area contributed by atoms with Gasteiger partial charge in [-0.25, -0.2) is 17.8 Å². The summed E-state index contributed by atoms with van der Waals surface area (Å²) >= 11 is 0. The molecule has 0 spiro atoms. The monoisotopic (exact) mass is 385 g/mol. The molecule has 0 aliphatic carbocycles. The lowest BCUT2D eigenvalue weighted by atomic mass is 10.2. The topological polar surface area (TPSA) is 73.2 Å². The predicted molar refractivity (Wildman–Crippen MR) is 105 cm³/mol. The van der Waals surface area contributed by atoms with Gasteiger partial charge in [0, 0.05) is 18.9 Å². The molecule has 3 aromatic rings. The van der Waals surface area contributed by atoms with Crippen molar-refractivity contribution in [1.29, 1.82) is 0 Å². The first kappa shape index (κ1) is 19.1. The zero-order valence-corrected chi connectivity index (χ0v) is 16.4. The van der Waals surface area contributed by atoms with Crippen LogP contribution in [0, 0.1) is 6.92 Å². The van der Waals surface area contributed by atoms with Gasteiger partial charge < -0.3 is 4.74 Å². The third kappa shape index (κ3) is 4.75. The molecule has 1 N–H and O–H groups in total. The fourth-order valence-electron chi connectivity index (χ4n) is 2.67. The molecule has 0 bridgehead atoms. The Bertz CT molecular complexity index is 1010. The van der Waals surface area contributed by atoms with Crippen LogP contribution in [0.1, 0.15) is 25.0 Å². The summed E-state index contributed by atoms with van der Waals surface area (Å²) in [4.78, 5) is 0.222. The average molecular weight is 385 g/mol. The number of hydrogen-bond acceptors (Lipinski definition) is 4. The van der Waals surface area contributed by atoms with Crippen molar-refractivity contribution in [3.8, 4) is 11.4 Å². The SMILES string of the molecule is Cc1cc(S(=O)(=O)NCc2cccc(-n3cccn3)c2)ccc1OC(C)C. The van der Waals surface area contributed by atoms with Crippen molar-refractivity contribution < 1.29 is 13.2 Å². The van der Waals surface area contributed by atoms with Gasteiger partial charge in [0.05, 0.1) is 16.7 Å². The molecule has 27 heavy (non-hydrogen) atoms. The summed E-state index contributed by atoms with van der Waals surface area (Å²) in [6, 6.07) is 14.3. The first-order valence-corrected chi connectivity index (χ1v) is 10.2. The van der Waals surface area contributed by atoms with Crippen LogP contribution in [-0.2, 0) is 16.6 Å². The molecule has 0 unspecified atom stereocenters. The third-order valence-corrected chi connectivity index (χ3v) is 5.36. The summed E-state index contributed by atoms with van der Waals surface area (Å²) in [6.45, 7) is 5.90. The first-order chi connectivity index (χ1) is 12.8. The number of benzene rings is 2. The number of nitrogens with zero attached hydrogens (tertiary/aromatic N) is 2. The molecular weight excluding hydrogens is 362 g/mol. The molecule has 2 aromatic carbocycles. The number of aromatic nitrogens is 2. The zero-order chi connectivity index (χ0) is 19.4. The van der Waals surface area contributed by atoms with Crippen LogP contribution < -0.4 is 9.46 Å². The molecule has 0 saturated heterocycles. The van der Waals surface area contributed by atoms with Crippen molar-refractivity contribution in [2.75, 3.05) is 0 Å². The minimum atomic E-state index is -3.62. The Morgan fingerprint density at radius 2 is 1.96 bits per heavy atom. The molecule has 0 amide bonds. The molecule has 1 aromatic heterocycles. The smallest absolute Gasteiger partial charge is 0.240 e. The number of sulfonamides is 1. The Kier molecular flexibility index (Phi) is 5.62. The van der Waals surface area contributed by atoms with Crippen molar-refractivity contribution in [1.82, 2.24) is 14.5 Å². The van der Waals surface area contributed by atoms with Crippen molar-refractivity contribution in [2.24, 2.45) is 0 Å². The van der Waals surface area contributed by atoms with Gasteiger partial charge in [0.1, 0.15) is 5.75 Å². The van der Waals surface area contributed by atoms with Crippen LogP contribution in [0.2, 0.25) is 0 Å². The lowest BCUT2D eigenvalue weighted by Gasteiger charge is -2.14. The second-order valence-corrected chi connectivity index (χ2v) is 8.31. The molecule has 0 aliphatic rings. The maximum absolute atomic E-state index is 12.6. The first-order valence-electron chi connectivity index (χ1n) is 8.71. The average Bonchev–Trinajstić information content (AvgIpc) is 3.16. The highest BCUT2D eigenvalue weighted by atomic mass is 32.2. The summed E-state index contributed by atoms with van der Waals surface area (Å²) in [5.74, 6) is 0.691. The third-order valence-electron chi connectivity index (χ3n) is 3.97. The van der Waals surface area contributed by atoms with Gasteiger partial charge in [-0.2, -0.15) is 5.10 Å². The van der Waals surface area contributed by atoms with E-state index >= 15 is 0 Å². The summed E-state index contributed by atoms with van der Waals surface area (Å²) in [6.07, 6.45) is 3.57. The Labute approximate surface area is 159 Å². The fraction of sp³-hybridized carbons (Fsp3) is 0.250. The Balaban J connectivity index is 1.74. The second kappa shape index (κ2) is 7.94. The van der Waals surface area contributed by atoms with Gasteiger partial charge in [-0.15, -0.1) is 0 Å². The number of aryl methyl sites for hydroxylation is 1. The standard InChI is InChI=1S/C20H23N3O3S/c1-15(2)26-20-9-8-19(12-16(20)3)27(24,25)22-14-17-6-4-7-18(13-17)23-11-5-10-21-23/h4-13,15,22H,14H2,1-3H3. The summed E-state index contributed by atoms with van der Waals surface area (Å²) in [5.41, 5.74) is 2.51. The van der Waals surface area contributed by atoms with Crippen LogP contribution in [-0.4, -0.2) is 24.3 Å². The van der Waals surface area contributed by atoms with E-state index in [0.717, 1.165) is 16.8 Å². The number of rotatable bonds is 7. The zero-order valence-electron chi connectivity index (χ0n) is 15.6. The van der Waals surface area contributed by atoms with Crippen molar-refractivity contribution in [2.45, 2.75) is 38.3 Å². The maximum atomic E-state index is 12.6. The minimum Gasteiger partial charge on any atom is -0.491 e. The minimum absolute atomic E-state index is 0.0337. The van der Waals surface area contributed by atoms with Crippen LogP contribution >= 0.6 is 0 Å². The van der Waals surface area contributed by atoms with E-state index in [1.165, 1.54) is 0 Å². The van der Waals surface area contributed by atoms with Crippen molar-refractivity contribution in [3.63, 3.8) is 0 Å². The summed E-state index contributed by atoms with van der Waals surface area (Å²) in [5, 5.41) is 4.19. The van der Waals surface area contributed by atoms with Gasteiger partial charge in [-0.1, -0.05) is 12.1 Å². The van der Waals surface area contributed by atoms with E-state index in [-0.39, 0.29) is 17.5 Å². The van der Waals surface area contributed by atoms with Gasteiger partial charge in [0.15, 0.2) is 0 Å². The van der Waals surface area contributed by atoms with Crippen LogP contribution in [0.3, 0.4) is 0 Å². The molecule has 142 valence electrons. The molecule has 6 nitrogen and oxygen atoms in total. The Morgan fingerprint density at radius 3 is 2.63 bits per heavy atom. The van der Waals surface area contributed by atoms with Crippen molar-refractivity contribution in [3.05, 3.63) is 72.1 Å². The van der Waals surface area contributed by atoms with Crippen LogP contribution in [0.5, 0.6) is 5.75 Å². The second-order valence-electron chi connectivity index (χ2n) is 6.54. The number of nitrogens with one attached hydrogen (secondary N) is 1. The molecule has 3 rings (SSSR count). The van der Waals surface area contributed by atoms with Gasteiger partial charge >= 0.3 is 0 Å². The van der Waals surface area contributed by atoms with Gasteiger partial charge in [-0.3, -0.25) is 0 Å². The Hall–Kier alpha value is -2.64. The molecule has 7 heteroatoms. The molecule has 0 fully saturated rings. The van der Waals surface area contributed by atoms with Gasteiger partial charge in [0.25, 0.3) is 0 Å². The fourth-order valence-corrected chi connectivity index (χ4v) is 3.77. The Morgan fingerprint density at radius 1 is 1.15 bits per heavy atom. The largest absolute Gasteiger partial charge is 0.491 e. The quantitative estimate of drug-likeness (QED) is 0.676. The predicted octanol–water partition coefficient (Wildman–Crippen LogP) is 3.45. The van der Waals surface area contributed by atoms with Crippen LogP contribution in [0.4, 0.5) is 0 Å². The molecule has 0 aliphatic heterocycles. The van der Waals surface area contributed by atoms with Crippen molar-refractivity contribution >= 4 is 10.0 Å². The highest BCUT2D eigenvalue weighted by Gasteiger charge is 2.16. The molecule has 1 heterocycles. The van der Waals surface area contributed by atoms with E-state index in [1.54, 1.807) is 29.1 Å². The lowest BCUT2D eigenvalue weighted by Crippen LogP contribution is -2.23. The molecule has 0 radical (unpaired) electrons. The maximum Gasteiger partial charge on any atom is 0.240 e. The normalized spacial score (nSPS) is 11.7. The van der Waals surface area contributed by atoms with E-state index in [4.69, 9.17) is 4.74 Å². The number of hydrogen-bond donors (Lipinski definition) is 1. The van der Waals surface area contributed by atoms with Gasteiger partial charge in [-0.05, 0) is 68.3 Å². The summed E-state index contributed by atoms with van der Waals surface area (Å²) in [7, 11) is -3.62. The molecule has 0 atom stereocenters. The van der Waals surface area contributed by atoms with E-state index < -0.39 is 10.0 Å².